The van der Waals surface area contributed by atoms with Crippen LogP contribution in [0.4, 0.5) is 0 Å². The molecule has 12 heteroatoms. The molecule has 0 aliphatic heterocycles. The Hall–Kier alpha value is -2.64. The summed E-state index contributed by atoms with van der Waals surface area (Å²) in [5, 5.41) is 1.73. The number of hydrogen-bond acceptors (Lipinski definition) is 4. The van der Waals surface area contributed by atoms with Gasteiger partial charge in [-0.05, 0) is 0 Å². The van der Waals surface area contributed by atoms with Gasteiger partial charge in [0.15, 0.2) is 0 Å². The minimum atomic E-state index is -5.63. The zero-order valence-corrected chi connectivity index (χ0v) is 44.4. The molecule has 62 heavy (non-hydrogen) atoms. The molecule has 2 aliphatic carbocycles. The molecule has 0 saturated heterocycles. The number of methoxy groups -OCH3 is 2. The maximum absolute atomic E-state index is 9.04. The SMILES string of the molecule is CCc1ccc2c(c1-c1cc(Cl)c(OC)c(Cl)c1)C=C(c1cc(C)c(C)o1)[CH]2[Zr]([Cl])([Cl])([CH]1C(c2cc(C)c(C)o2)=Cc2c1ccc(CC)c2-c1cc(Cl)c(OC)c(Cl)c1)=[Si](C)C. The molecule has 2 heterocycles. The van der Waals surface area contributed by atoms with E-state index in [9.17, 15) is 0 Å². The molecule has 322 valence electrons. The monoisotopic (exact) mass is 1040 g/mol. The summed E-state index contributed by atoms with van der Waals surface area (Å²) >= 11 is 21.8. The molecule has 0 bridgehead atoms. The molecule has 0 saturated carbocycles. The summed E-state index contributed by atoms with van der Waals surface area (Å²) < 4.78 is 23.8. The first-order chi connectivity index (χ1) is 29.4. The quantitative estimate of drug-likeness (QED) is 0.128. The zero-order chi connectivity index (χ0) is 44.8. The average molecular weight is 1040 g/mol. The second kappa shape index (κ2) is 17.0. The molecule has 4 nitrogen and oxygen atoms in total. The number of benzene rings is 4. The Kier molecular flexibility index (Phi) is 12.6. The molecule has 4 aromatic carbocycles. The second-order valence-electron chi connectivity index (χ2n) is 16.8. The van der Waals surface area contributed by atoms with Gasteiger partial charge in [-0.15, -0.1) is 0 Å². The van der Waals surface area contributed by atoms with Gasteiger partial charge in [0.2, 0.25) is 0 Å². The van der Waals surface area contributed by atoms with Crippen molar-refractivity contribution in [3.05, 3.63) is 148 Å². The molecule has 0 amide bonds. The first kappa shape index (κ1) is 45.9. The molecule has 8 rings (SSSR count). The van der Waals surface area contributed by atoms with Gasteiger partial charge < -0.3 is 0 Å². The molecule has 2 unspecified atom stereocenters. The van der Waals surface area contributed by atoms with E-state index in [4.69, 9.17) is 81.7 Å². The zero-order valence-electron chi connectivity index (χ0n) is 36.4. The fourth-order valence-electron chi connectivity index (χ4n) is 9.80. The normalized spacial score (nSPS) is 16.0. The maximum atomic E-state index is 9.04. The summed E-state index contributed by atoms with van der Waals surface area (Å²) in [6, 6.07) is 20.9. The Morgan fingerprint density at radius 1 is 0.581 bits per heavy atom. The van der Waals surface area contributed by atoms with Gasteiger partial charge in [0.25, 0.3) is 0 Å². The van der Waals surface area contributed by atoms with Crippen molar-refractivity contribution in [2.24, 2.45) is 0 Å². The third-order valence-corrected chi connectivity index (χ3v) is 60.6. The van der Waals surface area contributed by atoms with Crippen LogP contribution in [-0.2, 0) is 27.9 Å². The second-order valence-corrected chi connectivity index (χ2v) is 57.2. The third-order valence-electron chi connectivity index (χ3n) is 13.2. The number of hydrogen-bond donors (Lipinski definition) is 0. The van der Waals surface area contributed by atoms with Crippen LogP contribution in [0, 0.1) is 27.7 Å². The molecule has 0 spiro atoms. The standard InChI is InChI=1S/2C24H21Cl2O2.C2H6Si.2ClH.Zr/c2*1-5-15-6-7-16-9-17(22-8-13(2)14(3)28-22)10-19(16)23(15)18-11-20(25)24(27-4)21(26)12-18;1-3-2;;;/h2*6-12H,5H2,1-4H3;1-2H3;2*1H;/q;;;;;+2/p-2. The first-order valence-corrected chi connectivity index (χ1v) is 37.6. The molecular formula is C50H48Cl6O4SiZr. The van der Waals surface area contributed by atoms with Crippen LogP contribution >= 0.6 is 63.4 Å². The van der Waals surface area contributed by atoms with E-state index < -0.39 is 20.4 Å². The first-order valence-electron chi connectivity index (χ1n) is 20.7. The number of aryl methyl sites for hydroxylation is 6. The van der Waals surface area contributed by atoms with Crippen molar-refractivity contribution in [2.45, 2.75) is 74.7 Å². The van der Waals surface area contributed by atoms with Crippen molar-refractivity contribution in [3.63, 3.8) is 0 Å². The Balaban J connectivity index is 1.49. The van der Waals surface area contributed by atoms with Gasteiger partial charge in [0, 0.05) is 0 Å². The number of fused-ring (bicyclic) bond motifs is 2. The summed E-state index contributed by atoms with van der Waals surface area (Å²) in [5.74, 6) is 4.09. The van der Waals surface area contributed by atoms with Gasteiger partial charge >= 0.3 is 396 Å². The van der Waals surface area contributed by atoms with E-state index >= 15 is 0 Å². The summed E-state index contributed by atoms with van der Waals surface area (Å²) in [7, 11) is 21.2. The van der Waals surface area contributed by atoms with E-state index in [0.717, 1.165) is 114 Å². The molecule has 0 N–H and O–H groups in total. The number of halogens is 6. The van der Waals surface area contributed by atoms with Crippen LogP contribution in [0.3, 0.4) is 0 Å². The van der Waals surface area contributed by atoms with Crippen molar-refractivity contribution in [1.29, 1.82) is 0 Å². The molecule has 6 aromatic rings. The fourth-order valence-corrected chi connectivity index (χ4v) is 38.8. The predicted octanol–water partition coefficient (Wildman–Crippen LogP) is 17.3. The van der Waals surface area contributed by atoms with Gasteiger partial charge in [-0.1, -0.05) is 0 Å². The van der Waals surface area contributed by atoms with E-state index in [1.165, 1.54) is 0 Å². The Morgan fingerprint density at radius 3 is 1.21 bits per heavy atom. The summed E-state index contributed by atoms with van der Waals surface area (Å²) in [4.78, 5) is 0. The van der Waals surface area contributed by atoms with Crippen molar-refractivity contribution in [1.82, 2.24) is 0 Å². The van der Waals surface area contributed by atoms with Crippen LogP contribution in [0.25, 0.3) is 45.6 Å². The van der Waals surface area contributed by atoms with Crippen LogP contribution in [0.15, 0.2) is 69.5 Å². The van der Waals surface area contributed by atoms with Crippen LogP contribution in [0.5, 0.6) is 11.5 Å². The number of rotatable bonds is 10. The molecule has 2 atom stereocenters. The predicted molar refractivity (Wildman–Crippen MR) is 262 cm³/mol. The van der Waals surface area contributed by atoms with E-state index in [0.29, 0.717) is 31.6 Å². The van der Waals surface area contributed by atoms with Gasteiger partial charge in [-0.2, -0.15) is 0 Å². The molecule has 0 fully saturated rings. The minimum absolute atomic E-state index is 0.381. The van der Waals surface area contributed by atoms with E-state index in [-0.39, 0.29) is 7.25 Å². The Labute approximate surface area is 392 Å². The van der Waals surface area contributed by atoms with Crippen LogP contribution in [0.1, 0.15) is 88.6 Å². The Bertz CT molecular complexity index is 2720. The van der Waals surface area contributed by atoms with Crippen molar-refractivity contribution in [2.75, 3.05) is 14.2 Å². The van der Waals surface area contributed by atoms with Gasteiger partial charge in [-0.3, -0.25) is 0 Å². The van der Waals surface area contributed by atoms with Crippen LogP contribution in [0.2, 0.25) is 33.2 Å². The molecular weight excluding hydrogens is 997 g/mol. The van der Waals surface area contributed by atoms with Crippen molar-refractivity contribution >= 4 is 92.2 Å². The Morgan fingerprint density at radius 2 is 0.935 bits per heavy atom. The van der Waals surface area contributed by atoms with Gasteiger partial charge in [0.1, 0.15) is 0 Å². The third kappa shape index (κ3) is 7.17. The number of furan rings is 2. The van der Waals surface area contributed by atoms with Crippen LogP contribution in [-0.4, -0.2) is 19.7 Å². The van der Waals surface area contributed by atoms with Gasteiger partial charge in [0.05, 0.1) is 0 Å². The van der Waals surface area contributed by atoms with Crippen molar-refractivity contribution < 1.29 is 33.3 Å². The average Bonchev–Trinajstić information content (AvgIpc) is 3.99. The fraction of sp³-hybridized carbons (Fsp3) is 0.280. The number of ether oxygens (including phenoxy) is 2. The molecule has 2 aliphatic rings. The van der Waals surface area contributed by atoms with Crippen LogP contribution < -0.4 is 9.47 Å². The van der Waals surface area contributed by atoms with E-state index in [1.807, 2.05) is 38.1 Å². The molecule has 0 radical (unpaired) electrons. The molecule has 2 aromatic heterocycles. The summed E-state index contributed by atoms with van der Waals surface area (Å²) in [6.07, 6.45) is 6.09. The van der Waals surface area contributed by atoms with E-state index in [2.05, 4.69) is 89.3 Å². The topological polar surface area (TPSA) is 44.7 Å². The van der Waals surface area contributed by atoms with Crippen molar-refractivity contribution in [3.8, 4) is 33.8 Å². The van der Waals surface area contributed by atoms with E-state index in [1.54, 1.807) is 14.2 Å². The number of allylic oxidation sites excluding steroid dienone is 2. The summed E-state index contributed by atoms with van der Waals surface area (Å²) in [6.45, 7) is 17.1. The summed E-state index contributed by atoms with van der Waals surface area (Å²) in [5.41, 5.74) is 12.8. The van der Waals surface area contributed by atoms with Gasteiger partial charge in [-0.25, -0.2) is 0 Å².